The molecule has 0 aromatic heterocycles. The SMILES string of the molecule is O=C(O)C(O)C(O)C(=O)O.O=S(=O)(O)O.[KH].[MgH2]. The first-order chi connectivity index (χ1) is 6.46. The van der Waals surface area contributed by atoms with Gasteiger partial charge in [-0.2, -0.15) is 8.42 Å². The first kappa shape index (κ1) is 26.6. The number of hydrogen-bond donors (Lipinski definition) is 6. The molecule has 0 bridgehead atoms. The van der Waals surface area contributed by atoms with Crippen molar-refractivity contribution in [2.45, 2.75) is 12.2 Å². The summed E-state index contributed by atoms with van der Waals surface area (Å²) in [6, 6.07) is 0. The number of aliphatic hydroxyl groups excluding tert-OH is 2. The summed E-state index contributed by atoms with van der Waals surface area (Å²) in [6.45, 7) is 0. The zero-order chi connectivity index (χ0) is 12.8. The molecule has 0 aliphatic rings. The topological polar surface area (TPSA) is 190 Å². The van der Waals surface area contributed by atoms with Gasteiger partial charge >= 0.3 is 96.8 Å². The van der Waals surface area contributed by atoms with E-state index >= 15 is 0 Å². The number of carboxylic acid groups (broad SMARTS) is 2. The molecule has 0 aliphatic heterocycles. The molecule has 0 rings (SSSR count). The second-order valence-electron chi connectivity index (χ2n) is 2.01. The minimum Gasteiger partial charge on any atom is 0.316 e. The normalized spacial score (nSPS) is 12.7. The molecular weight excluding hydrogens is 304 g/mol. The van der Waals surface area contributed by atoms with E-state index in [4.69, 9.17) is 37.9 Å². The van der Waals surface area contributed by atoms with Gasteiger partial charge in [0.2, 0.25) is 0 Å². The van der Waals surface area contributed by atoms with Crippen LogP contribution in [0.25, 0.3) is 0 Å². The molecule has 0 saturated heterocycles. The van der Waals surface area contributed by atoms with Crippen LogP contribution in [0.4, 0.5) is 0 Å². The third-order valence-corrected chi connectivity index (χ3v) is 0.805. The first-order valence-electron chi connectivity index (χ1n) is 2.98. The molecule has 0 fully saturated rings. The fraction of sp³-hybridized carbons (Fsp3) is 0.500. The van der Waals surface area contributed by atoms with Crippen LogP contribution in [0.5, 0.6) is 0 Å². The quantitative estimate of drug-likeness (QED) is 0.219. The van der Waals surface area contributed by atoms with Gasteiger partial charge in [0.25, 0.3) is 0 Å². The standard InChI is InChI=1S/C4H6O6.K.Mg.H2O4S.3H/c5-1(3(7)8)2(6)4(9)10;;;1-5(2,3)4;;;/h1-2,5-6H,(H,7,8)(H,9,10);;;(H2,1,2,3,4);;;. The molecule has 17 heavy (non-hydrogen) atoms. The molecule has 0 aromatic carbocycles. The molecular formula is C4H11KMgO10S. The third kappa shape index (κ3) is 22.7. The minimum absolute atomic E-state index is 0. The van der Waals surface area contributed by atoms with Crippen molar-refractivity contribution >= 4 is 96.8 Å². The van der Waals surface area contributed by atoms with Crippen LogP contribution in [0, 0.1) is 0 Å². The molecule has 0 saturated carbocycles. The van der Waals surface area contributed by atoms with Crippen molar-refractivity contribution < 1.29 is 47.5 Å². The van der Waals surface area contributed by atoms with Gasteiger partial charge in [0.05, 0.1) is 0 Å². The van der Waals surface area contributed by atoms with Crippen molar-refractivity contribution in [2.24, 2.45) is 0 Å². The Hall–Kier alpha value is 1.13. The van der Waals surface area contributed by atoms with E-state index in [9.17, 15) is 9.59 Å². The second-order valence-corrected chi connectivity index (χ2v) is 2.91. The Kier molecular flexibility index (Phi) is 19.1. The van der Waals surface area contributed by atoms with Gasteiger partial charge in [-0.25, -0.2) is 9.59 Å². The molecule has 0 heterocycles. The van der Waals surface area contributed by atoms with E-state index in [2.05, 4.69) is 0 Å². The molecule has 0 aliphatic carbocycles. The van der Waals surface area contributed by atoms with E-state index in [0.29, 0.717) is 0 Å². The summed E-state index contributed by atoms with van der Waals surface area (Å²) < 4.78 is 31.6. The van der Waals surface area contributed by atoms with E-state index in [-0.39, 0.29) is 74.4 Å². The Morgan fingerprint density at radius 1 is 0.882 bits per heavy atom. The van der Waals surface area contributed by atoms with Gasteiger partial charge in [-0.1, -0.05) is 0 Å². The van der Waals surface area contributed by atoms with Crippen LogP contribution in [-0.4, -0.2) is 137 Å². The average molecular weight is 315 g/mol. The molecule has 13 heteroatoms. The van der Waals surface area contributed by atoms with E-state index in [1.54, 1.807) is 0 Å². The number of carboxylic acids is 2. The van der Waals surface area contributed by atoms with Gasteiger partial charge in [0.15, 0.2) is 12.2 Å². The van der Waals surface area contributed by atoms with Gasteiger partial charge in [0.1, 0.15) is 0 Å². The minimum atomic E-state index is -4.67. The van der Waals surface area contributed by atoms with Gasteiger partial charge in [-0.05, 0) is 0 Å². The van der Waals surface area contributed by atoms with Crippen LogP contribution in [0.2, 0.25) is 0 Å². The summed E-state index contributed by atoms with van der Waals surface area (Å²) in [5.74, 6) is -3.54. The van der Waals surface area contributed by atoms with Crippen LogP contribution in [0.1, 0.15) is 0 Å². The first-order valence-corrected chi connectivity index (χ1v) is 4.38. The Morgan fingerprint density at radius 3 is 1.06 bits per heavy atom. The summed E-state index contributed by atoms with van der Waals surface area (Å²) in [5, 5.41) is 32.5. The summed E-state index contributed by atoms with van der Waals surface area (Å²) in [6.07, 6.45) is -4.53. The Bertz CT molecular complexity index is 301. The molecule has 0 amide bonds. The Labute approximate surface area is 154 Å². The zero-order valence-corrected chi connectivity index (χ0v) is 7.70. The predicted octanol–water partition coefficient (Wildman–Crippen LogP) is -4.34. The van der Waals surface area contributed by atoms with Gasteiger partial charge in [-0.15, -0.1) is 0 Å². The summed E-state index contributed by atoms with van der Waals surface area (Å²) in [5.41, 5.74) is 0. The van der Waals surface area contributed by atoms with Crippen LogP contribution in [0.15, 0.2) is 0 Å². The van der Waals surface area contributed by atoms with E-state index in [1.807, 2.05) is 0 Å². The number of hydrogen-bond acceptors (Lipinski definition) is 6. The molecule has 6 N–H and O–H groups in total. The maximum Gasteiger partial charge on any atom is 0.316 e. The predicted molar refractivity (Wildman–Crippen MR) is 57.2 cm³/mol. The fourth-order valence-corrected chi connectivity index (χ4v) is 0.270. The fourth-order valence-electron chi connectivity index (χ4n) is 0.270. The van der Waals surface area contributed by atoms with Gasteiger partial charge < -0.3 is 20.4 Å². The molecule has 0 radical (unpaired) electrons. The van der Waals surface area contributed by atoms with Crippen molar-refractivity contribution in [3.05, 3.63) is 0 Å². The van der Waals surface area contributed by atoms with E-state index in [0.717, 1.165) is 0 Å². The average Bonchev–Trinajstić information content (AvgIpc) is 1.98. The monoisotopic (exact) mass is 314 g/mol. The van der Waals surface area contributed by atoms with Crippen molar-refractivity contribution in [1.29, 1.82) is 0 Å². The molecule has 0 spiro atoms. The van der Waals surface area contributed by atoms with Crippen LogP contribution in [0.3, 0.4) is 0 Å². The smallest absolute Gasteiger partial charge is 0.316 e. The zero-order valence-electron chi connectivity index (χ0n) is 6.88. The summed E-state index contributed by atoms with van der Waals surface area (Å²) in [7, 11) is -4.67. The third-order valence-electron chi connectivity index (χ3n) is 0.805. The number of carbonyl (C=O) groups is 2. The summed E-state index contributed by atoms with van der Waals surface area (Å²) in [4.78, 5) is 19.5. The van der Waals surface area contributed by atoms with Gasteiger partial charge in [0, 0.05) is 0 Å². The second kappa shape index (κ2) is 12.2. The van der Waals surface area contributed by atoms with Crippen molar-refractivity contribution in [2.75, 3.05) is 0 Å². The van der Waals surface area contributed by atoms with Gasteiger partial charge in [-0.3, -0.25) is 9.11 Å². The summed E-state index contributed by atoms with van der Waals surface area (Å²) >= 11 is 0. The van der Waals surface area contributed by atoms with Crippen LogP contribution in [-0.2, 0) is 20.0 Å². The van der Waals surface area contributed by atoms with Crippen molar-refractivity contribution in [3.63, 3.8) is 0 Å². The number of rotatable bonds is 3. The maximum absolute atomic E-state index is 9.77. The molecule has 96 valence electrons. The molecule has 0 aromatic rings. The van der Waals surface area contributed by atoms with Crippen molar-refractivity contribution in [1.82, 2.24) is 0 Å². The Morgan fingerprint density at radius 2 is 1.00 bits per heavy atom. The Balaban J connectivity index is -0.000000105. The maximum atomic E-state index is 9.77. The number of aliphatic hydroxyl groups is 2. The van der Waals surface area contributed by atoms with Crippen LogP contribution >= 0.6 is 0 Å². The van der Waals surface area contributed by atoms with Crippen LogP contribution < -0.4 is 0 Å². The van der Waals surface area contributed by atoms with Crippen molar-refractivity contribution in [3.8, 4) is 0 Å². The molecule has 2 unspecified atom stereocenters. The van der Waals surface area contributed by atoms with E-state index < -0.39 is 34.5 Å². The molecule has 10 nitrogen and oxygen atoms in total. The van der Waals surface area contributed by atoms with E-state index in [1.165, 1.54) is 0 Å². The number of aliphatic carboxylic acids is 2. The molecule has 2 atom stereocenters. The largest absolute Gasteiger partial charge is 0.316 e.